The van der Waals surface area contributed by atoms with Crippen molar-refractivity contribution in [2.45, 2.75) is 13.8 Å². The highest BCUT2D eigenvalue weighted by atomic mass is 35.5. The number of aryl methyl sites for hydroxylation is 1. The summed E-state index contributed by atoms with van der Waals surface area (Å²) in [4.78, 5) is 41.1. The molecule has 8 nitrogen and oxygen atoms in total. The first kappa shape index (κ1) is 22.3. The minimum atomic E-state index is -0.488. The number of benzene rings is 2. The Labute approximate surface area is 187 Å². The first-order valence-electron chi connectivity index (χ1n) is 9.25. The predicted molar refractivity (Wildman–Crippen MR) is 121 cm³/mol. The highest BCUT2D eigenvalue weighted by molar-refractivity contribution is 7.17. The molecule has 0 atom stereocenters. The number of hydrogen-bond acceptors (Lipinski definition) is 6. The average molecular weight is 459 g/mol. The van der Waals surface area contributed by atoms with E-state index >= 15 is 0 Å². The van der Waals surface area contributed by atoms with Crippen LogP contribution in [0.5, 0.6) is 0 Å². The highest BCUT2D eigenvalue weighted by Gasteiger charge is 2.17. The SMILES string of the molecule is CCOC(=O)c1ccc(NC(=O)c2sc(NC(=O)Nc3ccc(Cl)cc3)nc2C)cc1. The molecule has 0 aliphatic carbocycles. The lowest BCUT2D eigenvalue weighted by molar-refractivity contribution is 0.0526. The molecule has 160 valence electrons. The van der Waals surface area contributed by atoms with E-state index in [2.05, 4.69) is 20.9 Å². The van der Waals surface area contributed by atoms with Crippen molar-refractivity contribution in [3.63, 3.8) is 0 Å². The lowest BCUT2D eigenvalue weighted by Crippen LogP contribution is -2.19. The monoisotopic (exact) mass is 458 g/mol. The van der Waals surface area contributed by atoms with E-state index in [0.29, 0.717) is 32.5 Å². The molecule has 3 N–H and O–H groups in total. The minimum Gasteiger partial charge on any atom is -0.462 e. The fourth-order valence-corrected chi connectivity index (χ4v) is 3.53. The van der Waals surface area contributed by atoms with Crippen molar-refractivity contribution >= 4 is 57.4 Å². The Morgan fingerprint density at radius 1 is 0.968 bits per heavy atom. The summed E-state index contributed by atoms with van der Waals surface area (Å²) in [5.41, 5.74) is 1.96. The lowest BCUT2D eigenvalue weighted by Gasteiger charge is -2.06. The number of nitrogens with zero attached hydrogens (tertiary/aromatic N) is 1. The second kappa shape index (κ2) is 10.1. The van der Waals surface area contributed by atoms with Crippen molar-refractivity contribution in [1.82, 2.24) is 4.98 Å². The van der Waals surface area contributed by atoms with Crippen molar-refractivity contribution in [2.75, 3.05) is 22.6 Å². The van der Waals surface area contributed by atoms with Gasteiger partial charge >= 0.3 is 12.0 Å². The van der Waals surface area contributed by atoms with Gasteiger partial charge in [-0.15, -0.1) is 0 Å². The number of esters is 1. The van der Waals surface area contributed by atoms with Crippen LogP contribution in [0.3, 0.4) is 0 Å². The molecule has 0 aliphatic heterocycles. The number of thiazole rings is 1. The summed E-state index contributed by atoms with van der Waals surface area (Å²) in [5.74, 6) is -0.795. The number of halogens is 1. The summed E-state index contributed by atoms with van der Waals surface area (Å²) in [7, 11) is 0. The number of aromatic nitrogens is 1. The zero-order chi connectivity index (χ0) is 22.4. The molecule has 1 heterocycles. The van der Waals surface area contributed by atoms with Crippen LogP contribution in [0.15, 0.2) is 48.5 Å². The zero-order valence-corrected chi connectivity index (χ0v) is 18.3. The van der Waals surface area contributed by atoms with Crippen molar-refractivity contribution in [1.29, 1.82) is 0 Å². The molecule has 0 saturated heterocycles. The van der Waals surface area contributed by atoms with Gasteiger partial charge in [-0.3, -0.25) is 10.1 Å². The van der Waals surface area contributed by atoms with Crippen molar-refractivity contribution < 1.29 is 19.1 Å². The van der Waals surface area contributed by atoms with Gasteiger partial charge in [0.2, 0.25) is 0 Å². The fraction of sp³-hybridized carbons (Fsp3) is 0.143. The third-order valence-corrected chi connectivity index (χ3v) is 5.30. The summed E-state index contributed by atoms with van der Waals surface area (Å²) < 4.78 is 4.93. The smallest absolute Gasteiger partial charge is 0.338 e. The molecule has 2 aromatic carbocycles. The van der Waals surface area contributed by atoms with E-state index < -0.39 is 12.0 Å². The maximum absolute atomic E-state index is 12.6. The number of amides is 3. The fourth-order valence-electron chi connectivity index (χ4n) is 2.55. The van der Waals surface area contributed by atoms with E-state index in [1.54, 1.807) is 62.4 Å². The Kier molecular flexibility index (Phi) is 7.22. The van der Waals surface area contributed by atoms with Crippen LogP contribution in [-0.2, 0) is 4.74 Å². The third kappa shape index (κ3) is 6.03. The molecule has 0 unspecified atom stereocenters. The van der Waals surface area contributed by atoms with Gasteiger partial charge in [-0.1, -0.05) is 22.9 Å². The van der Waals surface area contributed by atoms with E-state index in [1.165, 1.54) is 0 Å². The van der Waals surface area contributed by atoms with E-state index in [0.717, 1.165) is 11.3 Å². The molecule has 0 aliphatic rings. The molecule has 0 saturated carbocycles. The van der Waals surface area contributed by atoms with Crippen LogP contribution in [0.1, 0.15) is 32.6 Å². The number of nitrogens with one attached hydrogen (secondary N) is 3. The summed E-state index contributed by atoms with van der Waals surface area (Å²) in [6.07, 6.45) is 0. The summed E-state index contributed by atoms with van der Waals surface area (Å²) >= 11 is 6.88. The predicted octanol–water partition coefficient (Wildman–Crippen LogP) is 5.18. The molecule has 0 bridgehead atoms. The van der Waals surface area contributed by atoms with Crippen LogP contribution in [0.25, 0.3) is 0 Å². The number of urea groups is 1. The molecule has 10 heteroatoms. The van der Waals surface area contributed by atoms with Gasteiger partial charge in [-0.05, 0) is 62.4 Å². The number of rotatable bonds is 6. The van der Waals surface area contributed by atoms with Gasteiger partial charge in [0.25, 0.3) is 5.91 Å². The second-order valence-electron chi connectivity index (χ2n) is 6.27. The van der Waals surface area contributed by atoms with Crippen molar-refractivity contribution in [3.05, 3.63) is 69.7 Å². The average Bonchev–Trinajstić information content (AvgIpc) is 3.10. The number of carbonyl (C=O) groups excluding carboxylic acids is 3. The van der Waals surface area contributed by atoms with Crippen molar-refractivity contribution in [3.8, 4) is 0 Å². The van der Waals surface area contributed by atoms with Gasteiger partial charge in [0.1, 0.15) is 4.88 Å². The van der Waals surface area contributed by atoms with Crippen LogP contribution in [-0.4, -0.2) is 29.5 Å². The van der Waals surface area contributed by atoms with Crippen LogP contribution in [0.2, 0.25) is 5.02 Å². The van der Waals surface area contributed by atoms with Gasteiger partial charge in [0.05, 0.1) is 17.9 Å². The van der Waals surface area contributed by atoms with Gasteiger partial charge in [0, 0.05) is 16.4 Å². The van der Waals surface area contributed by atoms with Gasteiger partial charge in [-0.2, -0.15) is 0 Å². The largest absolute Gasteiger partial charge is 0.462 e. The number of carbonyl (C=O) groups is 3. The molecule has 3 amide bonds. The molecule has 0 radical (unpaired) electrons. The number of anilines is 3. The maximum atomic E-state index is 12.6. The summed E-state index contributed by atoms with van der Waals surface area (Å²) in [6, 6.07) is 12.5. The molecule has 0 fully saturated rings. The van der Waals surface area contributed by atoms with Gasteiger partial charge in [-0.25, -0.2) is 14.6 Å². The van der Waals surface area contributed by atoms with Crippen molar-refractivity contribution in [2.24, 2.45) is 0 Å². The normalized spacial score (nSPS) is 10.3. The first-order chi connectivity index (χ1) is 14.9. The molecular weight excluding hydrogens is 440 g/mol. The zero-order valence-electron chi connectivity index (χ0n) is 16.7. The van der Waals surface area contributed by atoms with E-state index in [1.807, 2.05) is 0 Å². The van der Waals surface area contributed by atoms with Gasteiger partial charge in [0.15, 0.2) is 5.13 Å². The van der Waals surface area contributed by atoms with Crippen LogP contribution in [0.4, 0.5) is 21.3 Å². The Hall–Kier alpha value is -3.43. The van der Waals surface area contributed by atoms with E-state index in [9.17, 15) is 14.4 Å². The van der Waals surface area contributed by atoms with Gasteiger partial charge < -0.3 is 15.4 Å². The standard InChI is InChI=1S/C21H19ClN4O4S/c1-3-30-19(28)13-4-8-15(9-5-13)24-18(27)17-12(2)23-21(31-17)26-20(29)25-16-10-6-14(22)7-11-16/h4-11H,3H2,1-2H3,(H,24,27)(H2,23,25,26,29). The Balaban J connectivity index is 1.61. The quantitative estimate of drug-likeness (QED) is 0.441. The van der Waals surface area contributed by atoms with E-state index in [4.69, 9.17) is 16.3 Å². The number of hydrogen-bond donors (Lipinski definition) is 3. The Morgan fingerprint density at radius 3 is 2.23 bits per heavy atom. The third-order valence-electron chi connectivity index (χ3n) is 3.98. The number of ether oxygens (including phenoxy) is 1. The highest BCUT2D eigenvalue weighted by Crippen LogP contribution is 2.24. The summed E-state index contributed by atoms with van der Waals surface area (Å²) in [6.45, 7) is 3.70. The van der Waals surface area contributed by atoms with E-state index in [-0.39, 0.29) is 17.6 Å². The molecule has 0 spiro atoms. The van der Waals surface area contributed by atoms with Crippen LogP contribution >= 0.6 is 22.9 Å². The Bertz CT molecular complexity index is 1100. The second-order valence-corrected chi connectivity index (χ2v) is 7.71. The minimum absolute atomic E-state index is 0.284. The van der Waals surface area contributed by atoms with Crippen LogP contribution in [0, 0.1) is 6.92 Å². The maximum Gasteiger partial charge on any atom is 0.338 e. The molecule has 31 heavy (non-hydrogen) atoms. The molecule has 3 aromatic rings. The Morgan fingerprint density at radius 2 is 1.58 bits per heavy atom. The first-order valence-corrected chi connectivity index (χ1v) is 10.4. The lowest BCUT2D eigenvalue weighted by atomic mass is 10.2. The molecular formula is C21H19ClN4O4S. The van der Waals surface area contributed by atoms with Crippen LogP contribution < -0.4 is 16.0 Å². The summed E-state index contributed by atoms with van der Waals surface area (Å²) in [5, 5.41) is 8.86. The topological polar surface area (TPSA) is 109 Å². The molecule has 3 rings (SSSR count). The molecule has 1 aromatic heterocycles.